The van der Waals surface area contributed by atoms with E-state index in [0.717, 1.165) is 31.7 Å². The number of likely N-dealkylation sites (N-methyl/N-ethyl adjacent to an activating group) is 1. The van der Waals surface area contributed by atoms with Crippen molar-refractivity contribution in [3.05, 3.63) is 23.7 Å². The minimum atomic E-state index is -2.37. The summed E-state index contributed by atoms with van der Waals surface area (Å²) in [4.78, 5) is 13.5. The van der Waals surface area contributed by atoms with E-state index >= 15 is 0 Å². The first-order chi connectivity index (χ1) is 11.1. The second-order valence-electron chi connectivity index (χ2n) is 5.54. The van der Waals surface area contributed by atoms with Crippen LogP contribution in [0, 0.1) is 0 Å². The molecular formula is C15H23F2N3O2S. The van der Waals surface area contributed by atoms with Crippen LogP contribution in [-0.4, -0.2) is 49.3 Å². The first kappa shape index (κ1) is 18.2. The Bertz CT molecular complexity index is 491. The molecule has 0 aromatic carbocycles. The maximum absolute atomic E-state index is 12.1. The summed E-state index contributed by atoms with van der Waals surface area (Å²) >= 11 is 0.565. The van der Waals surface area contributed by atoms with Crippen LogP contribution >= 0.6 is 11.8 Å². The lowest BCUT2D eigenvalue weighted by atomic mass is 10.1. The van der Waals surface area contributed by atoms with Gasteiger partial charge in [0.05, 0.1) is 18.8 Å². The fraction of sp³-hybridized carbons (Fsp3) is 0.667. The Balaban J connectivity index is 1.66. The average molecular weight is 347 g/mol. The number of thioether (sulfide) groups is 1. The highest BCUT2D eigenvalue weighted by Gasteiger charge is 2.20. The molecule has 1 aromatic heterocycles. The van der Waals surface area contributed by atoms with Gasteiger partial charge in [0.25, 0.3) is 5.76 Å². The third-order valence-electron chi connectivity index (χ3n) is 3.87. The number of hydrogen-bond acceptors (Lipinski definition) is 5. The maximum atomic E-state index is 12.1. The van der Waals surface area contributed by atoms with Gasteiger partial charge >= 0.3 is 0 Å². The first-order valence-corrected chi connectivity index (χ1v) is 8.75. The Labute approximate surface area is 139 Å². The fourth-order valence-corrected chi connectivity index (χ4v) is 3.01. The summed E-state index contributed by atoms with van der Waals surface area (Å²) in [5, 5.41) is 6.06. The standard InChI is InChI=1S/C15H23F2N3O2S/c1-18-14(21)9-20-6-4-11(5-7-20)19-8-12-2-3-13(22-12)10-23-15(16)17/h2-3,11,15,19H,4-10H2,1H3,(H,18,21). The topological polar surface area (TPSA) is 57.5 Å². The number of rotatable bonds is 8. The molecule has 1 aliphatic heterocycles. The molecule has 5 nitrogen and oxygen atoms in total. The van der Waals surface area contributed by atoms with E-state index in [1.165, 1.54) is 0 Å². The normalized spacial score (nSPS) is 16.9. The summed E-state index contributed by atoms with van der Waals surface area (Å²) in [7, 11) is 1.65. The summed E-state index contributed by atoms with van der Waals surface area (Å²) in [5.41, 5.74) is 0. The number of furan rings is 1. The molecule has 1 aliphatic rings. The van der Waals surface area contributed by atoms with E-state index < -0.39 is 5.76 Å². The van der Waals surface area contributed by atoms with Crippen molar-refractivity contribution in [1.82, 2.24) is 15.5 Å². The zero-order valence-electron chi connectivity index (χ0n) is 13.2. The summed E-state index contributed by atoms with van der Waals surface area (Å²) in [6, 6.07) is 3.97. The molecule has 0 unspecified atom stereocenters. The molecule has 0 atom stereocenters. The minimum absolute atomic E-state index is 0.0428. The molecule has 1 aromatic rings. The van der Waals surface area contributed by atoms with Gasteiger partial charge in [0.1, 0.15) is 11.5 Å². The van der Waals surface area contributed by atoms with Crippen molar-refractivity contribution in [3.63, 3.8) is 0 Å². The Morgan fingerprint density at radius 3 is 2.74 bits per heavy atom. The van der Waals surface area contributed by atoms with Gasteiger partial charge in [-0.15, -0.1) is 0 Å². The zero-order valence-corrected chi connectivity index (χ0v) is 14.0. The predicted octanol–water partition coefficient (Wildman–Crippen LogP) is 2.04. The molecule has 1 saturated heterocycles. The lowest BCUT2D eigenvalue weighted by Gasteiger charge is -2.31. The van der Waals surface area contributed by atoms with Gasteiger partial charge in [0.2, 0.25) is 5.91 Å². The largest absolute Gasteiger partial charge is 0.464 e. The van der Waals surface area contributed by atoms with E-state index in [0.29, 0.717) is 36.7 Å². The smallest absolute Gasteiger partial charge is 0.284 e. The van der Waals surface area contributed by atoms with E-state index in [1.807, 2.05) is 6.07 Å². The van der Waals surface area contributed by atoms with Crippen LogP contribution in [0.15, 0.2) is 16.5 Å². The maximum Gasteiger partial charge on any atom is 0.284 e. The van der Waals surface area contributed by atoms with Crippen molar-refractivity contribution < 1.29 is 18.0 Å². The summed E-state index contributed by atoms with van der Waals surface area (Å²) < 4.78 is 29.8. The quantitative estimate of drug-likeness (QED) is 0.754. The van der Waals surface area contributed by atoms with E-state index in [-0.39, 0.29) is 11.7 Å². The molecule has 0 radical (unpaired) electrons. The number of halogens is 2. The Kier molecular flexibility index (Phi) is 7.32. The van der Waals surface area contributed by atoms with Crippen molar-refractivity contribution in [2.75, 3.05) is 26.7 Å². The van der Waals surface area contributed by atoms with Crippen LogP contribution in [0.5, 0.6) is 0 Å². The summed E-state index contributed by atoms with van der Waals surface area (Å²) in [6.07, 6.45) is 1.96. The van der Waals surface area contributed by atoms with E-state index in [2.05, 4.69) is 15.5 Å². The Hall–Kier alpha value is -1.12. The molecule has 0 bridgehead atoms. The average Bonchev–Trinajstić information content (AvgIpc) is 3.00. The summed E-state index contributed by atoms with van der Waals surface area (Å²) in [6.45, 7) is 2.82. The van der Waals surface area contributed by atoms with Crippen molar-refractivity contribution >= 4 is 17.7 Å². The van der Waals surface area contributed by atoms with Crippen LogP contribution in [-0.2, 0) is 17.1 Å². The van der Waals surface area contributed by atoms with Gasteiger partial charge in [-0.25, -0.2) is 0 Å². The first-order valence-electron chi connectivity index (χ1n) is 7.70. The number of carbonyl (C=O) groups excluding carboxylic acids is 1. The van der Waals surface area contributed by atoms with Crippen LogP contribution in [0.1, 0.15) is 24.4 Å². The monoisotopic (exact) mass is 347 g/mol. The van der Waals surface area contributed by atoms with Gasteiger partial charge in [0, 0.05) is 26.2 Å². The van der Waals surface area contributed by atoms with Crippen molar-refractivity contribution in [1.29, 1.82) is 0 Å². The predicted molar refractivity (Wildman–Crippen MR) is 86.4 cm³/mol. The molecule has 23 heavy (non-hydrogen) atoms. The van der Waals surface area contributed by atoms with Gasteiger partial charge in [-0.2, -0.15) is 8.78 Å². The van der Waals surface area contributed by atoms with E-state index in [1.54, 1.807) is 13.1 Å². The molecule has 130 valence electrons. The van der Waals surface area contributed by atoms with Crippen molar-refractivity contribution in [3.8, 4) is 0 Å². The number of piperidine rings is 1. The number of nitrogens with one attached hydrogen (secondary N) is 2. The third-order valence-corrected chi connectivity index (χ3v) is 4.57. The number of hydrogen-bond donors (Lipinski definition) is 2. The second-order valence-corrected chi connectivity index (χ2v) is 6.52. The number of likely N-dealkylation sites (tertiary alicyclic amines) is 1. The third kappa shape index (κ3) is 6.48. The Morgan fingerprint density at radius 2 is 2.09 bits per heavy atom. The van der Waals surface area contributed by atoms with Gasteiger partial charge in [-0.3, -0.25) is 9.69 Å². The molecule has 1 fully saturated rings. The highest BCUT2D eigenvalue weighted by atomic mass is 32.2. The van der Waals surface area contributed by atoms with Crippen LogP contribution in [0.25, 0.3) is 0 Å². The van der Waals surface area contributed by atoms with Crippen LogP contribution < -0.4 is 10.6 Å². The van der Waals surface area contributed by atoms with Gasteiger partial charge in [-0.05, 0) is 25.0 Å². The lowest BCUT2D eigenvalue weighted by Crippen LogP contribution is -2.45. The highest BCUT2D eigenvalue weighted by Crippen LogP contribution is 2.21. The van der Waals surface area contributed by atoms with E-state index in [9.17, 15) is 13.6 Å². The molecule has 8 heteroatoms. The summed E-state index contributed by atoms with van der Waals surface area (Å²) in [5.74, 6) is -0.798. The fourth-order valence-electron chi connectivity index (χ4n) is 2.56. The van der Waals surface area contributed by atoms with E-state index in [4.69, 9.17) is 4.42 Å². The molecule has 2 rings (SSSR count). The van der Waals surface area contributed by atoms with Crippen LogP contribution in [0.4, 0.5) is 8.78 Å². The minimum Gasteiger partial charge on any atom is -0.464 e. The molecule has 0 aliphatic carbocycles. The van der Waals surface area contributed by atoms with Crippen LogP contribution in [0.2, 0.25) is 0 Å². The molecule has 0 saturated carbocycles. The number of nitrogens with zero attached hydrogens (tertiary/aromatic N) is 1. The van der Waals surface area contributed by atoms with Gasteiger partial charge in [0.15, 0.2) is 0 Å². The molecule has 0 spiro atoms. The second kappa shape index (κ2) is 9.24. The van der Waals surface area contributed by atoms with Crippen LogP contribution in [0.3, 0.4) is 0 Å². The number of carbonyl (C=O) groups is 1. The number of amides is 1. The van der Waals surface area contributed by atoms with Gasteiger partial charge < -0.3 is 15.1 Å². The number of alkyl halides is 2. The molecule has 1 amide bonds. The molecule has 2 heterocycles. The van der Waals surface area contributed by atoms with Crippen molar-refractivity contribution in [2.24, 2.45) is 0 Å². The Morgan fingerprint density at radius 1 is 1.39 bits per heavy atom. The SMILES string of the molecule is CNC(=O)CN1CCC(NCc2ccc(CSC(F)F)o2)CC1. The van der Waals surface area contributed by atoms with Gasteiger partial charge in [-0.1, -0.05) is 11.8 Å². The molecular weight excluding hydrogens is 324 g/mol. The highest BCUT2D eigenvalue weighted by molar-refractivity contribution is 7.98. The molecule has 2 N–H and O–H groups in total. The van der Waals surface area contributed by atoms with Crippen molar-refractivity contribution in [2.45, 2.75) is 36.9 Å². The zero-order chi connectivity index (χ0) is 16.7. The lowest BCUT2D eigenvalue weighted by molar-refractivity contribution is -0.122.